The van der Waals surface area contributed by atoms with E-state index in [0.29, 0.717) is 17.7 Å². The molecule has 0 fully saturated rings. The van der Waals surface area contributed by atoms with Crippen LogP contribution in [0.3, 0.4) is 0 Å². The van der Waals surface area contributed by atoms with Gasteiger partial charge < -0.3 is 10.1 Å². The molecule has 1 rings (SSSR count). The Hall–Kier alpha value is -0.990. The zero-order chi connectivity index (χ0) is 12.8. The minimum absolute atomic E-state index is 0.291. The third-order valence-electron chi connectivity index (χ3n) is 2.62. The minimum Gasteiger partial charge on any atom is -0.488 e. The summed E-state index contributed by atoms with van der Waals surface area (Å²) in [6, 6.07) is 6.19. The van der Waals surface area contributed by atoms with E-state index in [4.69, 9.17) is 16.3 Å². The van der Waals surface area contributed by atoms with Crippen LogP contribution in [0.1, 0.15) is 32.4 Å². The van der Waals surface area contributed by atoms with Crippen molar-refractivity contribution in [2.24, 2.45) is 0 Å². The van der Waals surface area contributed by atoms with Gasteiger partial charge in [0.1, 0.15) is 12.4 Å². The Bertz CT molecular complexity index is 397. The molecule has 0 spiro atoms. The van der Waals surface area contributed by atoms with Gasteiger partial charge in [0.15, 0.2) is 0 Å². The molecule has 0 radical (unpaired) electrons. The van der Waals surface area contributed by atoms with E-state index < -0.39 is 0 Å². The molecule has 0 saturated carbocycles. The number of benzene rings is 1. The highest BCUT2D eigenvalue weighted by molar-refractivity contribution is 6.32. The average Bonchev–Trinajstić information content (AvgIpc) is 2.29. The van der Waals surface area contributed by atoms with Gasteiger partial charge in [0.25, 0.3) is 0 Å². The number of allylic oxidation sites excluding steroid dienone is 1. The lowest BCUT2D eigenvalue weighted by atomic mass is 10.1. The monoisotopic (exact) mass is 253 g/mol. The smallest absolute Gasteiger partial charge is 0.138 e. The molecule has 1 N–H and O–H groups in total. The predicted octanol–water partition coefficient (Wildman–Crippen LogP) is 3.97. The van der Waals surface area contributed by atoms with E-state index in [1.54, 1.807) is 0 Å². The fraction of sp³-hybridized carbons (Fsp3) is 0.429. The number of hydrogen-bond acceptors (Lipinski definition) is 2. The first-order valence-corrected chi connectivity index (χ1v) is 6.15. The van der Waals surface area contributed by atoms with Gasteiger partial charge >= 0.3 is 0 Å². The summed E-state index contributed by atoms with van der Waals surface area (Å²) in [5, 5.41) is 3.84. The van der Waals surface area contributed by atoms with Gasteiger partial charge in [-0.15, -0.1) is 0 Å². The van der Waals surface area contributed by atoms with Crippen molar-refractivity contribution < 1.29 is 4.74 Å². The second kappa shape index (κ2) is 6.67. The van der Waals surface area contributed by atoms with Gasteiger partial charge in [-0.1, -0.05) is 23.2 Å². The van der Waals surface area contributed by atoms with Crippen molar-refractivity contribution in [1.82, 2.24) is 5.32 Å². The molecule has 2 nitrogen and oxygen atoms in total. The first kappa shape index (κ1) is 14.1. The maximum absolute atomic E-state index is 6.17. The lowest BCUT2D eigenvalue weighted by Gasteiger charge is -2.13. The molecule has 1 aromatic rings. The van der Waals surface area contributed by atoms with Gasteiger partial charge in [0, 0.05) is 6.04 Å². The van der Waals surface area contributed by atoms with E-state index in [1.807, 2.05) is 45.2 Å². The standard InChI is InChI=1S/C14H20ClNO/c1-10(2)7-8-17-14-6-5-12(9-13(14)15)11(3)16-4/h5-7,9,11,16H,8H2,1-4H3. The van der Waals surface area contributed by atoms with E-state index in [1.165, 1.54) is 5.57 Å². The van der Waals surface area contributed by atoms with Crippen molar-refractivity contribution in [2.75, 3.05) is 13.7 Å². The Labute approximate surface area is 109 Å². The van der Waals surface area contributed by atoms with Gasteiger partial charge in [0.05, 0.1) is 5.02 Å². The Morgan fingerprint density at radius 2 is 2.18 bits per heavy atom. The highest BCUT2D eigenvalue weighted by atomic mass is 35.5. The number of hydrogen-bond donors (Lipinski definition) is 1. The molecule has 1 unspecified atom stereocenters. The van der Waals surface area contributed by atoms with Crippen molar-refractivity contribution in [3.8, 4) is 5.75 Å². The van der Waals surface area contributed by atoms with E-state index in [2.05, 4.69) is 12.2 Å². The molecule has 1 atom stereocenters. The summed E-state index contributed by atoms with van der Waals surface area (Å²) in [5.41, 5.74) is 2.40. The number of halogens is 1. The Morgan fingerprint density at radius 3 is 2.71 bits per heavy atom. The lowest BCUT2D eigenvalue weighted by Crippen LogP contribution is -2.12. The van der Waals surface area contributed by atoms with Gasteiger partial charge in [0.2, 0.25) is 0 Å². The summed E-state index contributed by atoms with van der Waals surface area (Å²) in [6.07, 6.45) is 2.03. The van der Waals surface area contributed by atoms with Crippen molar-refractivity contribution in [3.05, 3.63) is 40.4 Å². The van der Waals surface area contributed by atoms with Crippen LogP contribution in [0.2, 0.25) is 5.02 Å². The van der Waals surface area contributed by atoms with Crippen LogP contribution in [0, 0.1) is 0 Å². The van der Waals surface area contributed by atoms with E-state index in [0.717, 1.165) is 11.3 Å². The molecule has 17 heavy (non-hydrogen) atoms. The van der Waals surface area contributed by atoms with Crippen LogP contribution >= 0.6 is 11.6 Å². The molecular formula is C14H20ClNO. The fourth-order valence-electron chi connectivity index (χ4n) is 1.37. The van der Waals surface area contributed by atoms with Gasteiger partial charge in [-0.3, -0.25) is 0 Å². The summed E-state index contributed by atoms with van der Waals surface area (Å²) in [5.74, 6) is 0.733. The first-order chi connectivity index (χ1) is 8.04. The van der Waals surface area contributed by atoms with Gasteiger partial charge in [-0.2, -0.15) is 0 Å². The van der Waals surface area contributed by atoms with Gasteiger partial charge in [-0.05, 0) is 51.6 Å². The molecule has 0 aromatic heterocycles. The second-order valence-electron chi connectivity index (χ2n) is 4.29. The molecule has 0 heterocycles. The van der Waals surface area contributed by atoms with Crippen molar-refractivity contribution in [1.29, 1.82) is 0 Å². The van der Waals surface area contributed by atoms with Crippen LogP contribution in [0.25, 0.3) is 0 Å². The lowest BCUT2D eigenvalue weighted by molar-refractivity contribution is 0.362. The van der Waals surface area contributed by atoms with Crippen LogP contribution < -0.4 is 10.1 Å². The molecule has 0 aliphatic heterocycles. The minimum atomic E-state index is 0.291. The summed E-state index contributed by atoms with van der Waals surface area (Å²) in [4.78, 5) is 0. The van der Waals surface area contributed by atoms with Crippen LogP contribution in [0.15, 0.2) is 29.8 Å². The van der Waals surface area contributed by atoms with Gasteiger partial charge in [-0.25, -0.2) is 0 Å². The molecule has 3 heteroatoms. The second-order valence-corrected chi connectivity index (χ2v) is 4.70. The molecule has 0 aliphatic carbocycles. The topological polar surface area (TPSA) is 21.3 Å². The summed E-state index contributed by atoms with van der Waals surface area (Å²) in [7, 11) is 1.93. The molecule has 0 aliphatic rings. The van der Waals surface area contributed by atoms with Crippen LogP contribution in [-0.2, 0) is 0 Å². The summed E-state index contributed by atoms with van der Waals surface area (Å²) >= 11 is 6.17. The first-order valence-electron chi connectivity index (χ1n) is 5.77. The van der Waals surface area contributed by atoms with Crippen LogP contribution in [0.4, 0.5) is 0 Å². The third kappa shape index (κ3) is 4.41. The van der Waals surface area contributed by atoms with Crippen molar-refractivity contribution in [2.45, 2.75) is 26.8 Å². The predicted molar refractivity (Wildman–Crippen MR) is 73.9 cm³/mol. The summed E-state index contributed by atoms with van der Waals surface area (Å²) < 4.78 is 5.59. The van der Waals surface area contributed by atoms with Crippen LogP contribution in [-0.4, -0.2) is 13.7 Å². The Kier molecular flexibility index (Phi) is 5.52. The van der Waals surface area contributed by atoms with Crippen molar-refractivity contribution in [3.63, 3.8) is 0 Å². The molecule has 0 saturated heterocycles. The molecular weight excluding hydrogens is 234 g/mol. The molecule has 94 valence electrons. The average molecular weight is 254 g/mol. The Morgan fingerprint density at radius 1 is 1.47 bits per heavy atom. The highest BCUT2D eigenvalue weighted by Crippen LogP contribution is 2.27. The maximum Gasteiger partial charge on any atom is 0.138 e. The Balaban J connectivity index is 2.73. The maximum atomic E-state index is 6.17. The third-order valence-corrected chi connectivity index (χ3v) is 2.91. The SMILES string of the molecule is CNC(C)c1ccc(OCC=C(C)C)c(Cl)c1. The molecule has 0 bridgehead atoms. The number of nitrogens with one attached hydrogen (secondary N) is 1. The zero-order valence-electron chi connectivity index (χ0n) is 10.9. The van der Waals surface area contributed by atoms with E-state index in [-0.39, 0.29) is 0 Å². The van der Waals surface area contributed by atoms with E-state index >= 15 is 0 Å². The number of ether oxygens (including phenoxy) is 1. The zero-order valence-corrected chi connectivity index (χ0v) is 11.6. The molecule has 1 aromatic carbocycles. The highest BCUT2D eigenvalue weighted by Gasteiger charge is 2.06. The quantitative estimate of drug-likeness (QED) is 0.802. The summed E-state index contributed by atoms with van der Waals surface area (Å²) in [6.45, 7) is 6.74. The van der Waals surface area contributed by atoms with Crippen LogP contribution in [0.5, 0.6) is 5.75 Å². The number of rotatable bonds is 5. The fourth-order valence-corrected chi connectivity index (χ4v) is 1.61. The molecule has 0 amide bonds. The van der Waals surface area contributed by atoms with Crippen molar-refractivity contribution >= 4 is 11.6 Å². The largest absolute Gasteiger partial charge is 0.488 e. The normalized spacial score (nSPS) is 12.1. The van der Waals surface area contributed by atoms with E-state index in [9.17, 15) is 0 Å².